The van der Waals surface area contributed by atoms with Crippen molar-refractivity contribution in [2.75, 3.05) is 9.62 Å². The van der Waals surface area contributed by atoms with E-state index in [1.807, 2.05) is 26.0 Å². The van der Waals surface area contributed by atoms with Crippen LogP contribution in [0.25, 0.3) is 10.2 Å². The van der Waals surface area contributed by atoms with Crippen LogP contribution in [0.1, 0.15) is 32.8 Å². The second-order valence-corrected chi connectivity index (χ2v) is 11.6. The van der Waals surface area contributed by atoms with Gasteiger partial charge in [0.1, 0.15) is 5.76 Å². The van der Waals surface area contributed by atoms with E-state index >= 15 is 0 Å². The number of furan rings is 1. The molecule has 0 fully saturated rings. The van der Waals surface area contributed by atoms with E-state index in [-0.39, 0.29) is 17.3 Å². The molecule has 0 aliphatic rings. The number of sulfonamides is 1. The molecular formula is C28H25N3O4S2. The summed E-state index contributed by atoms with van der Waals surface area (Å²) in [5, 5.41) is 0.561. The van der Waals surface area contributed by atoms with Crippen LogP contribution in [-0.2, 0) is 16.6 Å². The van der Waals surface area contributed by atoms with Gasteiger partial charge >= 0.3 is 0 Å². The quantitative estimate of drug-likeness (QED) is 0.260. The summed E-state index contributed by atoms with van der Waals surface area (Å²) in [5.74, 6) is 0.360. The van der Waals surface area contributed by atoms with E-state index < -0.39 is 10.0 Å². The highest BCUT2D eigenvalue weighted by atomic mass is 32.2. The summed E-state index contributed by atoms with van der Waals surface area (Å²) in [6.07, 6.45) is 1.57. The van der Waals surface area contributed by atoms with E-state index in [1.54, 1.807) is 65.8 Å². The van der Waals surface area contributed by atoms with Crippen LogP contribution in [0.4, 0.5) is 10.8 Å². The lowest BCUT2D eigenvalue weighted by molar-refractivity contribution is 0.0983. The van der Waals surface area contributed by atoms with Gasteiger partial charge in [-0.05, 0) is 92.6 Å². The minimum absolute atomic E-state index is 0.171. The van der Waals surface area contributed by atoms with Gasteiger partial charge in [-0.3, -0.25) is 14.4 Å². The molecule has 5 rings (SSSR count). The highest BCUT2D eigenvalue weighted by molar-refractivity contribution is 7.92. The fraction of sp³-hybridized carbons (Fsp3) is 0.143. The lowest BCUT2D eigenvalue weighted by Crippen LogP contribution is -2.30. The number of rotatable bonds is 7. The maximum atomic E-state index is 13.6. The van der Waals surface area contributed by atoms with Gasteiger partial charge in [0.25, 0.3) is 15.9 Å². The molecule has 1 amide bonds. The number of aromatic nitrogens is 1. The van der Waals surface area contributed by atoms with E-state index in [4.69, 9.17) is 9.40 Å². The Kier molecular flexibility index (Phi) is 6.57. The van der Waals surface area contributed by atoms with E-state index in [1.165, 1.54) is 11.3 Å². The number of carbonyl (C=O) groups excluding carboxylic acids is 1. The number of anilines is 2. The van der Waals surface area contributed by atoms with Crippen molar-refractivity contribution in [1.29, 1.82) is 0 Å². The molecule has 2 aromatic heterocycles. The Hall–Kier alpha value is -3.95. The van der Waals surface area contributed by atoms with Crippen molar-refractivity contribution >= 4 is 48.3 Å². The standard InChI is InChI=1S/C28H25N3O4S2/c1-18-6-12-24(13-7-18)37(33,34)30-22-10-8-21(9-11-22)27(32)31(17-23-5-4-14-35-23)28-29-25-15-19(2)20(3)16-26(25)36-28/h4-16,30H,17H2,1-3H3. The Morgan fingerprint density at radius 2 is 1.68 bits per heavy atom. The number of hydrogen-bond donors (Lipinski definition) is 1. The molecule has 0 aliphatic carbocycles. The third kappa shape index (κ3) is 5.28. The van der Waals surface area contributed by atoms with Crippen LogP contribution in [0.3, 0.4) is 0 Å². The second-order valence-electron chi connectivity index (χ2n) is 8.87. The molecule has 0 saturated heterocycles. The van der Waals surface area contributed by atoms with E-state index in [0.717, 1.165) is 26.9 Å². The largest absolute Gasteiger partial charge is 0.467 e. The zero-order valence-electron chi connectivity index (χ0n) is 20.6. The molecule has 0 radical (unpaired) electrons. The number of nitrogens with one attached hydrogen (secondary N) is 1. The summed E-state index contributed by atoms with van der Waals surface area (Å²) in [6.45, 7) is 6.19. The van der Waals surface area contributed by atoms with Crippen molar-refractivity contribution < 1.29 is 17.6 Å². The highest BCUT2D eigenvalue weighted by Gasteiger charge is 2.23. The number of aryl methyl sites for hydroxylation is 3. The van der Waals surface area contributed by atoms with Gasteiger partial charge < -0.3 is 4.42 Å². The summed E-state index contributed by atoms with van der Waals surface area (Å²) >= 11 is 1.44. The predicted octanol–water partition coefficient (Wildman–Crippen LogP) is 6.46. The van der Waals surface area contributed by atoms with E-state index in [9.17, 15) is 13.2 Å². The van der Waals surface area contributed by atoms with E-state index in [0.29, 0.717) is 22.1 Å². The van der Waals surface area contributed by atoms with Crippen LogP contribution in [0.5, 0.6) is 0 Å². The maximum absolute atomic E-state index is 13.6. The summed E-state index contributed by atoms with van der Waals surface area (Å²) in [4.78, 5) is 20.1. The third-order valence-corrected chi connectivity index (χ3v) is 8.52. The maximum Gasteiger partial charge on any atom is 0.261 e. The number of fused-ring (bicyclic) bond motifs is 1. The van der Waals surface area contributed by atoms with Crippen molar-refractivity contribution in [2.45, 2.75) is 32.2 Å². The first-order chi connectivity index (χ1) is 17.7. The zero-order chi connectivity index (χ0) is 26.2. The van der Waals surface area contributed by atoms with Crippen LogP contribution in [-0.4, -0.2) is 19.3 Å². The average molecular weight is 532 g/mol. The minimum atomic E-state index is -3.74. The Bertz CT molecular complexity index is 1630. The van der Waals surface area contributed by atoms with Crippen molar-refractivity contribution in [3.8, 4) is 0 Å². The Labute approximate surface area is 219 Å². The lowest BCUT2D eigenvalue weighted by Gasteiger charge is -2.19. The molecule has 37 heavy (non-hydrogen) atoms. The van der Waals surface area contributed by atoms with Crippen molar-refractivity contribution in [1.82, 2.24) is 4.98 Å². The first-order valence-corrected chi connectivity index (χ1v) is 13.9. The molecule has 1 N–H and O–H groups in total. The van der Waals surface area contributed by atoms with Crippen LogP contribution >= 0.6 is 11.3 Å². The summed E-state index contributed by atoms with van der Waals surface area (Å²) in [6, 6.07) is 20.7. The number of carbonyl (C=O) groups is 1. The average Bonchev–Trinajstić information content (AvgIpc) is 3.53. The molecule has 188 valence electrons. The summed E-state index contributed by atoms with van der Waals surface area (Å²) in [5.41, 5.74) is 4.87. The Balaban J connectivity index is 1.43. The minimum Gasteiger partial charge on any atom is -0.467 e. The predicted molar refractivity (Wildman–Crippen MR) is 147 cm³/mol. The molecule has 7 nitrogen and oxygen atoms in total. The number of hydrogen-bond acceptors (Lipinski definition) is 6. The molecule has 0 saturated carbocycles. The zero-order valence-corrected chi connectivity index (χ0v) is 22.2. The van der Waals surface area contributed by atoms with E-state index in [2.05, 4.69) is 17.7 Å². The first-order valence-electron chi connectivity index (χ1n) is 11.6. The topological polar surface area (TPSA) is 92.5 Å². The molecule has 0 spiro atoms. The fourth-order valence-electron chi connectivity index (χ4n) is 3.84. The SMILES string of the molecule is Cc1ccc(S(=O)(=O)Nc2ccc(C(=O)N(Cc3ccco3)c3nc4cc(C)c(C)cc4s3)cc2)cc1. The fourth-order valence-corrected chi connectivity index (χ4v) is 5.94. The normalized spacial score (nSPS) is 11.5. The van der Waals surface area contributed by atoms with Crippen LogP contribution in [0.15, 0.2) is 88.4 Å². The molecule has 2 heterocycles. The molecular weight excluding hydrogens is 506 g/mol. The third-order valence-electron chi connectivity index (χ3n) is 6.08. The molecule has 0 unspecified atom stereocenters. The van der Waals surface area contributed by atoms with Crippen molar-refractivity contribution in [3.63, 3.8) is 0 Å². The smallest absolute Gasteiger partial charge is 0.261 e. The Morgan fingerprint density at radius 3 is 2.35 bits per heavy atom. The lowest BCUT2D eigenvalue weighted by atomic mass is 10.1. The van der Waals surface area contributed by atoms with Gasteiger partial charge in [0.15, 0.2) is 5.13 Å². The molecule has 0 bridgehead atoms. The van der Waals surface area contributed by atoms with Gasteiger partial charge in [0, 0.05) is 11.3 Å². The van der Waals surface area contributed by atoms with Crippen LogP contribution in [0, 0.1) is 20.8 Å². The Morgan fingerprint density at radius 1 is 0.973 bits per heavy atom. The van der Waals surface area contributed by atoms with Gasteiger partial charge in [-0.2, -0.15) is 0 Å². The molecule has 0 atom stereocenters. The van der Waals surface area contributed by atoms with Gasteiger partial charge in [0.05, 0.1) is 27.9 Å². The van der Waals surface area contributed by atoms with Gasteiger partial charge in [-0.1, -0.05) is 29.0 Å². The monoisotopic (exact) mass is 531 g/mol. The van der Waals surface area contributed by atoms with Crippen molar-refractivity contribution in [2.24, 2.45) is 0 Å². The number of thiazole rings is 1. The summed E-state index contributed by atoms with van der Waals surface area (Å²) in [7, 11) is -3.74. The highest BCUT2D eigenvalue weighted by Crippen LogP contribution is 2.32. The molecule has 3 aromatic carbocycles. The molecule has 0 aliphatic heterocycles. The number of benzene rings is 3. The van der Waals surface area contributed by atoms with Crippen LogP contribution < -0.4 is 9.62 Å². The van der Waals surface area contributed by atoms with Gasteiger partial charge in [-0.25, -0.2) is 13.4 Å². The van der Waals surface area contributed by atoms with Gasteiger partial charge in [0.2, 0.25) is 0 Å². The number of nitrogens with zero attached hydrogens (tertiary/aromatic N) is 2. The molecule has 5 aromatic rings. The van der Waals surface area contributed by atoms with Gasteiger partial charge in [-0.15, -0.1) is 0 Å². The van der Waals surface area contributed by atoms with Crippen LogP contribution in [0.2, 0.25) is 0 Å². The summed E-state index contributed by atoms with van der Waals surface area (Å²) < 4.78 is 34.5. The molecule has 9 heteroatoms. The first kappa shape index (κ1) is 24.7. The number of amides is 1. The van der Waals surface area contributed by atoms with Crippen molar-refractivity contribution in [3.05, 3.63) is 107 Å². The second kappa shape index (κ2) is 9.84.